The fourth-order valence-electron chi connectivity index (χ4n) is 4.25. The zero-order chi connectivity index (χ0) is 15.6. The van der Waals surface area contributed by atoms with Crippen LogP contribution in [-0.2, 0) is 9.53 Å². The number of carbonyl (C=O) groups excluding carboxylic acids is 1. The standard InChI is InChI=1S/C17H24N4O2/c22-16(21-10-11-23-15-6-1-5-14(15)21)13-4-2-9-20(12-13)17-18-7-3-8-19-17/h3,7-8,13-15H,1-2,4-6,9-12H2. The molecule has 6 nitrogen and oxygen atoms in total. The average Bonchev–Trinajstić information content (AvgIpc) is 3.11. The Morgan fingerprint density at radius 1 is 1.13 bits per heavy atom. The van der Waals surface area contributed by atoms with Crippen molar-refractivity contribution in [1.29, 1.82) is 0 Å². The predicted octanol–water partition coefficient (Wildman–Crippen LogP) is 1.47. The van der Waals surface area contributed by atoms with E-state index in [1.165, 1.54) is 6.42 Å². The molecule has 0 bridgehead atoms. The molecule has 2 saturated heterocycles. The molecular weight excluding hydrogens is 292 g/mol. The number of rotatable bonds is 2. The first-order chi connectivity index (χ1) is 11.3. The zero-order valence-corrected chi connectivity index (χ0v) is 13.4. The third kappa shape index (κ3) is 2.92. The van der Waals surface area contributed by atoms with E-state index in [1.54, 1.807) is 12.4 Å². The van der Waals surface area contributed by atoms with E-state index >= 15 is 0 Å². The number of amides is 1. The SMILES string of the molecule is O=C(C1CCCN(c2ncccn2)C1)N1CCOC2CCCC21. The van der Waals surface area contributed by atoms with Gasteiger partial charge in [-0.05, 0) is 38.2 Å². The Morgan fingerprint density at radius 3 is 2.87 bits per heavy atom. The summed E-state index contributed by atoms with van der Waals surface area (Å²) in [6.45, 7) is 3.10. The van der Waals surface area contributed by atoms with Crippen LogP contribution in [0.3, 0.4) is 0 Å². The second-order valence-electron chi connectivity index (χ2n) is 6.77. The monoisotopic (exact) mass is 316 g/mol. The van der Waals surface area contributed by atoms with Crippen LogP contribution in [0.5, 0.6) is 0 Å². The fourth-order valence-corrected chi connectivity index (χ4v) is 4.25. The van der Waals surface area contributed by atoms with Crippen molar-refractivity contribution in [3.05, 3.63) is 18.5 Å². The van der Waals surface area contributed by atoms with Crippen LogP contribution in [0.4, 0.5) is 5.95 Å². The lowest BCUT2D eigenvalue weighted by atomic mass is 9.95. The Morgan fingerprint density at radius 2 is 2.00 bits per heavy atom. The molecule has 3 aliphatic rings. The smallest absolute Gasteiger partial charge is 0.227 e. The number of piperidine rings is 1. The summed E-state index contributed by atoms with van der Waals surface area (Å²) in [5.41, 5.74) is 0. The van der Waals surface area contributed by atoms with Crippen molar-refractivity contribution >= 4 is 11.9 Å². The summed E-state index contributed by atoms with van der Waals surface area (Å²) >= 11 is 0. The van der Waals surface area contributed by atoms with Gasteiger partial charge >= 0.3 is 0 Å². The van der Waals surface area contributed by atoms with Crippen molar-refractivity contribution in [3.8, 4) is 0 Å². The number of hydrogen-bond acceptors (Lipinski definition) is 5. The maximum Gasteiger partial charge on any atom is 0.227 e. The lowest BCUT2D eigenvalue weighted by Gasteiger charge is -2.41. The average molecular weight is 316 g/mol. The van der Waals surface area contributed by atoms with E-state index in [4.69, 9.17) is 4.74 Å². The number of anilines is 1. The van der Waals surface area contributed by atoms with Crippen molar-refractivity contribution in [2.75, 3.05) is 31.1 Å². The van der Waals surface area contributed by atoms with Gasteiger partial charge in [0, 0.05) is 32.0 Å². The molecular formula is C17H24N4O2. The molecule has 6 heteroatoms. The maximum atomic E-state index is 13.1. The molecule has 1 amide bonds. The van der Waals surface area contributed by atoms with Crippen LogP contribution in [0.2, 0.25) is 0 Å². The topological polar surface area (TPSA) is 58.6 Å². The van der Waals surface area contributed by atoms with E-state index in [1.807, 2.05) is 6.07 Å². The van der Waals surface area contributed by atoms with Crippen LogP contribution >= 0.6 is 0 Å². The third-order valence-corrected chi connectivity index (χ3v) is 5.37. The highest BCUT2D eigenvalue weighted by Crippen LogP contribution is 2.32. The first-order valence-electron chi connectivity index (χ1n) is 8.77. The minimum atomic E-state index is 0.0620. The lowest BCUT2D eigenvalue weighted by molar-refractivity contribution is -0.148. The highest BCUT2D eigenvalue weighted by molar-refractivity contribution is 5.80. The first kappa shape index (κ1) is 14.9. The molecule has 124 valence electrons. The first-order valence-corrected chi connectivity index (χ1v) is 8.77. The molecule has 3 fully saturated rings. The van der Waals surface area contributed by atoms with Crippen LogP contribution in [0.1, 0.15) is 32.1 Å². The molecule has 1 aliphatic carbocycles. The summed E-state index contributed by atoms with van der Waals surface area (Å²) in [5, 5.41) is 0. The minimum absolute atomic E-state index is 0.0620. The summed E-state index contributed by atoms with van der Waals surface area (Å²) in [5.74, 6) is 1.11. The van der Waals surface area contributed by atoms with Crippen molar-refractivity contribution in [1.82, 2.24) is 14.9 Å². The van der Waals surface area contributed by atoms with Gasteiger partial charge in [0.1, 0.15) is 0 Å². The van der Waals surface area contributed by atoms with Gasteiger partial charge in [-0.2, -0.15) is 0 Å². The van der Waals surface area contributed by atoms with E-state index in [9.17, 15) is 4.79 Å². The van der Waals surface area contributed by atoms with Gasteiger partial charge < -0.3 is 14.5 Å². The number of aromatic nitrogens is 2. The molecule has 1 aromatic heterocycles. The number of nitrogens with zero attached hydrogens (tertiary/aromatic N) is 4. The summed E-state index contributed by atoms with van der Waals surface area (Å²) in [6.07, 6.45) is 9.15. The van der Waals surface area contributed by atoms with Gasteiger partial charge in [0.25, 0.3) is 0 Å². The molecule has 1 saturated carbocycles. The van der Waals surface area contributed by atoms with Crippen molar-refractivity contribution in [3.63, 3.8) is 0 Å². The molecule has 4 rings (SSSR count). The summed E-state index contributed by atoms with van der Waals surface area (Å²) in [7, 11) is 0. The van der Waals surface area contributed by atoms with E-state index in [0.29, 0.717) is 18.6 Å². The highest BCUT2D eigenvalue weighted by atomic mass is 16.5. The Labute approximate surface area is 136 Å². The summed E-state index contributed by atoms with van der Waals surface area (Å²) < 4.78 is 5.84. The van der Waals surface area contributed by atoms with Gasteiger partial charge in [0.05, 0.1) is 24.7 Å². The number of fused-ring (bicyclic) bond motifs is 1. The van der Waals surface area contributed by atoms with Crippen LogP contribution in [0.25, 0.3) is 0 Å². The van der Waals surface area contributed by atoms with Crippen LogP contribution in [0.15, 0.2) is 18.5 Å². The quantitative estimate of drug-likeness (QED) is 0.827. The van der Waals surface area contributed by atoms with E-state index in [-0.39, 0.29) is 12.0 Å². The normalized spacial score (nSPS) is 31.0. The van der Waals surface area contributed by atoms with Gasteiger partial charge in [-0.25, -0.2) is 9.97 Å². The largest absolute Gasteiger partial charge is 0.374 e. The molecule has 3 atom stereocenters. The molecule has 3 heterocycles. The van der Waals surface area contributed by atoms with E-state index in [2.05, 4.69) is 19.8 Å². The van der Waals surface area contributed by atoms with Crippen molar-refractivity contribution in [2.24, 2.45) is 5.92 Å². The molecule has 23 heavy (non-hydrogen) atoms. The minimum Gasteiger partial charge on any atom is -0.374 e. The van der Waals surface area contributed by atoms with Crippen LogP contribution in [0, 0.1) is 5.92 Å². The Balaban J connectivity index is 1.45. The second-order valence-corrected chi connectivity index (χ2v) is 6.77. The van der Waals surface area contributed by atoms with Gasteiger partial charge in [0.15, 0.2) is 0 Å². The van der Waals surface area contributed by atoms with Crippen molar-refractivity contribution in [2.45, 2.75) is 44.2 Å². The molecule has 0 N–H and O–H groups in total. The highest BCUT2D eigenvalue weighted by Gasteiger charge is 2.41. The van der Waals surface area contributed by atoms with Gasteiger partial charge in [-0.3, -0.25) is 4.79 Å². The van der Waals surface area contributed by atoms with Crippen molar-refractivity contribution < 1.29 is 9.53 Å². The van der Waals surface area contributed by atoms with Gasteiger partial charge in [-0.15, -0.1) is 0 Å². The van der Waals surface area contributed by atoms with Crippen LogP contribution < -0.4 is 4.90 Å². The maximum absolute atomic E-state index is 13.1. The summed E-state index contributed by atoms with van der Waals surface area (Å²) in [4.78, 5) is 26.0. The zero-order valence-electron chi connectivity index (χ0n) is 13.4. The summed E-state index contributed by atoms with van der Waals surface area (Å²) in [6, 6.07) is 2.13. The van der Waals surface area contributed by atoms with Crippen LogP contribution in [-0.4, -0.2) is 59.2 Å². The molecule has 0 aromatic carbocycles. The third-order valence-electron chi connectivity index (χ3n) is 5.37. The van der Waals surface area contributed by atoms with E-state index < -0.39 is 0 Å². The van der Waals surface area contributed by atoms with Gasteiger partial charge in [-0.1, -0.05) is 0 Å². The second kappa shape index (κ2) is 6.43. The number of hydrogen-bond donors (Lipinski definition) is 0. The van der Waals surface area contributed by atoms with E-state index in [0.717, 1.165) is 51.3 Å². The Kier molecular flexibility index (Phi) is 4.16. The van der Waals surface area contributed by atoms with Gasteiger partial charge in [0.2, 0.25) is 11.9 Å². The molecule has 0 spiro atoms. The Bertz CT molecular complexity index is 553. The molecule has 0 radical (unpaired) electrons. The fraction of sp³-hybridized carbons (Fsp3) is 0.706. The number of morpholine rings is 1. The Hall–Kier alpha value is -1.69. The molecule has 1 aromatic rings. The molecule has 3 unspecified atom stereocenters. The predicted molar refractivity (Wildman–Crippen MR) is 86.1 cm³/mol. The lowest BCUT2D eigenvalue weighted by Crippen LogP contribution is -2.55. The number of carbonyl (C=O) groups is 1. The molecule has 2 aliphatic heterocycles. The number of ether oxygens (including phenoxy) is 1.